The summed E-state index contributed by atoms with van der Waals surface area (Å²) in [6.45, 7) is 2.04. The number of hydrogen-bond acceptors (Lipinski definition) is 3. The van der Waals surface area contributed by atoms with Crippen molar-refractivity contribution in [1.29, 1.82) is 5.26 Å². The van der Waals surface area contributed by atoms with E-state index < -0.39 is 0 Å². The number of anilines is 1. The van der Waals surface area contributed by atoms with Gasteiger partial charge in [0.05, 0.1) is 19.1 Å². The zero-order valence-electron chi connectivity index (χ0n) is 9.44. The number of aliphatic hydroxyl groups is 1. The summed E-state index contributed by atoms with van der Waals surface area (Å²) in [6.07, 6.45) is 0.496. The number of aliphatic hydroxyl groups excluding tert-OH is 1. The molecule has 1 N–H and O–H groups in total. The predicted molar refractivity (Wildman–Crippen MR) is 68.2 cm³/mol. The van der Waals surface area contributed by atoms with Crippen LogP contribution in [0.3, 0.4) is 0 Å². The van der Waals surface area contributed by atoms with Gasteiger partial charge < -0.3 is 10.0 Å². The van der Waals surface area contributed by atoms with E-state index in [1.807, 2.05) is 32.2 Å². The highest BCUT2D eigenvalue weighted by molar-refractivity contribution is 9.10. The van der Waals surface area contributed by atoms with Crippen molar-refractivity contribution in [2.45, 2.75) is 26.0 Å². The molecule has 1 rings (SSSR count). The Bertz CT molecular complexity index is 400. The Hall–Kier alpha value is -1.05. The Morgan fingerprint density at radius 1 is 1.56 bits per heavy atom. The summed E-state index contributed by atoms with van der Waals surface area (Å²) in [7, 11) is 1.96. The molecule has 0 aromatic heterocycles. The summed E-state index contributed by atoms with van der Waals surface area (Å²) in [6, 6.07) is 8.13. The lowest BCUT2D eigenvalue weighted by molar-refractivity contribution is 0.281. The highest BCUT2D eigenvalue weighted by atomic mass is 79.9. The highest BCUT2D eigenvalue weighted by Gasteiger charge is 2.10. The quantitative estimate of drug-likeness (QED) is 0.924. The van der Waals surface area contributed by atoms with E-state index in [9.17, 15) is 0 Å². The average molecular weight is 283 g/mol. The maximum Gasteiger partial charge on any atom is 0.0692 e. The molecule has 1 aromatic carbocycles. The molecule has 0 radical (unpaired) electrons. The second kappa shape index (κ2) is 5.88. The highest BCUT2D eigenvalue weighted by Crippen LogP contribution is 2.25. The molecular weight excluding hydrogens is 268 g/mol. The van der Waals surface area contributed by atoms with Crippen LogP contribution in [0.5, 0.6) is 0 Å². The van der Waals surface area contributed by atoms with E-state index in [2.05, 4.69) is 26.9 Å². The fourth-order valence-electron chi connectivity index (χ4n) is 1.41. The van der Waals surface area contributed by atoms with E-state index in [4.69, 9.17) is 10.4 Å². The fourth-order valence-corrected chi connectivity index (χ4v) is 1.90. The Morgan fingerprint density at radius 3 is 2.75 bits per heavy atom. The summed E-state index contributed by atoms with van der Waals surface area (Å²) < 4.78 is 0.892. The van der Waals surface area contributed by atoms with Crippen LogP contribution >= 0.6 is 15.9 Å². The van der Waals surface area contributed by atoms with Crippen molar-refractivity contribution < 1.29 is 5.11 Å². The molecule has 0 saturated heterocycles. The minimum atomic E-state index is 0.0261. The largest absolute Gasteiger partial charge is 0.392 e. The molecule has 1 unspecified atom stereocenters. The molecule has 0 amide bonds. The molecule has 16 heavy (non-hydrogen) atoms. The SMILES string of the molecule is CC(CC#N)N(C)c1ccc(CO)c(Br)c1. The zero-order chi connectivity index (χ0) is 12.1. The molecule has 1 aromatic rings. The van der Waals surface area contributed by atoms with Crippen LogP contribution in [0.4, 0.5) is 5.69 Å². The van der Waals surface area contributed by atoms with Crippen molar-refractivity contribution in [2.75, 3.05) is 11.9 Å². The van der Waals surface area contributed by atoms with Gasteiger partial charge in [-0.25, -0.2) is 0 Å². The second-order valence-corrected chi connectivity index (χ2v) is 4.61. The predicted octanol–water partition coefficient (Wildman–Crippen LogP) is 2.68. The first-order valence-electron chi connectivity index (χ1n) is 5.09. The zero-order valence-corrected chi connectivity index (χ0v) is 11.0. The molecule has 0 fully saturated rings. The standard InChI is InChI=1S/C12H15BrN2O/c1-9(5-6-14)15(2)11-4-3-10(8-16)12(13)7-11/h3-4,7,9,16H,5,8H2,1-2H3. The summed E-state index contributed by atoms with van der Waals surface area (Å²) in [5.74, 6) is 0. The van der Waals surface area contributed by atoms with Crippen molar-refractivity contribution in [3.63, 3.8) is 0 Å². The van der Waals surface area contributed by atoms with E-state index in [1.165, 1.54) is 0 Å². The Morgan fingerprint density at radius 2 is 2.25 bits per heavy atom. The first kappa shape index (κ1) is 13.0. The summed E-state index contributed by atoms with van der Waals surface area (Å²) in [5.41, 5.74) is 1.90. The minimum Gasteiger partial charge on any atom is -0.392 e. The lowest BCUT2D eigenvalue weighted by Gasteiger charge is -2.25. The van der Waals surface area contributed by atoms with Gasteiger partial charge in [-0.3, -0.25) is 0 Å². The normalized spacial score (nSPS) is 11.9. The number of rotatable bonds is 4. The number of halogens is 1. The molecule has 4 heteroatoms. The topological polar surface area (TPSA) is 47.3 Å². The number of hydrogen-bond donors (Lipinski definition) is 1. The second-order valence-electron chi connectivity index (χ2n) is 3.76. The smallest absolute Gasteiger partial charge is 0.0692 e. The van der Waals surface area contributed by atoms with E-state index in [0.29, 0.717) is 6.42 Å². The fraction of sp³-hybridized carbons (Fsp3) is 0.417. The third-order valence-electron chi connectivity index (χ3n) is 2.66. The van der Waals surface area contributed by atoms with Crippen LogP contribution in [0.2, 0.25) is 0 Å². The first-order valence-corrected chi connectivity index (χ1v) is 5.88. The van der Waals surface area contributed by atoms with E-state index in [0.717, 1.165) is 15.7 Å². The van der Waals surface area contributed by atoms with Crippen LogP contribution in [0.1, 0.15) is 18.9 Å². The average Bonchev–Trinajstić information content (AvgIpc) is 2.28. The third-order valence-corrected chi connectivity index (χ3v) is 3.40. The molecule has 3 nitrogen and oxygen atoms in total. The van der Waals surface area contributed by atoms with Gasteiger partial charge in [-0.15, -0.1) is 0 Å². The number of nitriles is 1. The van der Waals surface area contributed by atoms with Crippen molar-refractivity contribution in [1.82, 2.24) is 0 Å². The van der Waals surface area contributed by atoms with Crippen LogP contribution in [-0.2, 0) is 6.61 Å². The minimum absolute atomic E-state index is 0.0261. The van der Waals surface area contributed by atoms with Crippen molar-refractivity contribution in [2.24, 2.45) is 0 Å². The summed E-state index contributed by atoms with van der Waals surface area (Å²) in [5, 5.41) is 17.7. The first-order chi connectivity index (χ1) is 7.60. The van der Waals surface area contributed by atoms with Gasteiger partial charge in [-0.05, 0) is 24.6 Å². The van der Waals surface area contributed by atoms with E-state index in [-0.39, 0.29) is 12.6 Å². The van der Waals surface area contributed by atoms with Crippen LogP contribution in [0.15, 0.2) is 22.7 Å². The lowest BCUT2D eigenvalue weighted by atomic mass is 10.1. The van der Waals surface area contributed by atoms with Gasteiger partial charge in [-0.2, -0.15) is 5.26 Å². The van der Waals surface area contributed by atoms with Crippen LogP contribution < -0.4 is 4.90 Å². The van der Waals surface area contributed by atoms with Crippen molar-refractivity contribution in [3.8, 4) is 6.07 Å². The molecule has 1 atom stereocenters. The Kier molecular flexibility index (Phi) is 4.78. The molecule has 0 spiro atoms. The lowest BCUT2D eigenvalue weighted by Crippen LogP contribution is -2.28. The van der Waals surface area contributed by atoms with Crippen LogP contribution in [-0.4, -0.2) is 18.2 Å². The molecule has 0 aliphatic carbocycles. The van der Waals surface area contributed by atoms with Gasteiger partial charge >= 0.3 is 0 Å². The van der Waals surface area contributed by atoms with Crippen LogP contribution in [0, 0.1) is 11.3 Å². The van der Waals surface area contributed by atoms with Gasteiger partial charge in [0.1, 0.15) is 0 Å². The summed E-state index contributed by atoms with van der Waals surface area (Å²) in [4.78, 5) is 2.05. The molecule has 86 valence electrons. The third kappa shape index (κ3) is 2.97. The van der Waals surface area contributed by atoms with Crippen molar-refractivity contribution >= 4 is 21.6 Å². The van der Waals surface area contributed by atoms with Gasteiger partial charge in [0.2, 0.25) is 0 Å². The molecule has 0 saturated carbocycles. The number of nitrogens with zero attached hydrogens (tertiary/aromatic N) is 2. The number of benzene rings is 1. The van der Waals surface area contributed by atoms with Gasteiger partial charge in [0, 0.05) is 23.2 Å². The Labute approximate surface area is 104 Å². The maximum atomic E-state index is 9.05. The molecule has 0 heterocycles. The summed E-state index contributed by atoms with van der Waals surface area (Å²) >= 11 is 3.41. The maximum absolute atomic E-state index is 9.05. The van der Waals surface area contributed by atoms with E-state index >= 15 is 0 Å². The molecule has 0 aliphatic rings. The van der Waals surface area contributed by atoms with Crippen LogP contribution in [0.25, 0.3) is 0 Å². The van der Waals surface area contributed by atoms with E-state index in [1.54, 1.807) is 0 Å². The molecular formula is C12H15BrN2O. The van der Waals surface area contributed by atoms with Gasteiger partial charge in [0.15, 0.2) is 0 Å². The molecule has 0 aliphatic heterocycles. The van der Waals surface area contributed by atoms with Gasteiger partial charge in [-0.1, -0.05) is 22.0 Å². The molecule has 0 bridgehead atoms. The Balaban J connectivity index is 2.89. The van der Waals surface area contributed by atoms with Gasteiger partial charge in [0.25, 0.3) is 0 Å². The monoisotopic (exact) mass is 282 g/mol. The van der Waals surface area contributed by atoms with Crippen molar-refractivity contribution in [3.05, 3.63) is 28.2 Å².